The summed E-state index contributed by atoms with van der Waals surface area (Å²) in [5.74, 6) is 0.431. The highest BCUT2D eigenvalue weighted by molar-refractivity contribution is 6.26. The Morgan fingerprint density at radius 3 is 3.07 bits per heavy atom. The second-order valence-electron chi connectivity index (χ2n) is 3.24. The number of carbonyl (C=O) groups excluding carboxylic acids is 1. The van der Waals surface area contributed by atoms with Crippen molar-refractivity contribution in [2.75, 3.05) is 11.9 Å². The van der Waals surface area contributed by atoms with Crippen LogP contribution in [0.5, 0.6) is 0 Å². The van der Waals surface area contributed by atoms with Gasteiger partial charge in [0.1, 0.15) is 0 Å². The van der Waals surface area contributed by atoms with Gasteiger partial charge in [-0.2, -0.15) is 5.10 Å². The molecule has 1 aliphatic rings. The molecule has 0 aliphatic carbocycles. The average Bonchev–Trinajstić information content (AvgIpc) is 2.73. The first kappa shape index (κ1) is 9.45. The second kappa shape index (κ2) is 3.56. The van der Waals surface area contributed by atoms with Crippen molar-refractivity contribution in [2.45, 2.75) is 0 Å². The molecule has 0 bridgehead atoms. The molecule has 1 aliphatic heterocycles. The van der Waals surface area contributed by atoms with E-state index in [1.165, 1.54) is 6.20 Å². The van der Waals surface area contributed by atoms with Crippen LogP contribution < -0.4 is 10.6 Å². The molecule has 1 saturated heterocycles. The van der Waals surface area contributed by atoms with Crippen LogP contribution in [0.15, 0.2) is 24.0 Å². The predicted molar refractivity (Wildman–Crippen MR) is 55.7 cm³/mol. The summed E-state index contributed by atoms with van der Waals surface area (Å²) in [6.45, 7) is 0.300. The van der Waals surface area contributed by atoms with Crippen LogP contribution in [0.25, 0.3) is 0 Å². The lowest BCUT2D eigenvalue weighted by molar-refractivity contribution is -0.116. The zero-order chi connectivity index (χ0) is 10.8. The molecule has 1 amide bonds. The number of anilines is 1. The van der Waals surface area contributed by atoms with Crippen molar-refractivity contribution < 1.29 is 4.79 Å². The third kappa shape index (κ3) is 1.88. The first-order chi connectivity index (χ1) is 7.16. The van der Waals surface area contributed by atoms with Gasteiger partial charge >= 0.3 is 0 Å². The average molecular weight is 205 g/mol. The first-order valence-electron chi connectivity index (χ1n) is 4.49. The Morgan fingerprint density at radius 1 is 1.73 bits per heavy atom. The smallest absolute Gasteiger partial charge is 0.254 e. The molecule has 0 aromatic carbocycles. The summed E-state index contributed by atoms with van der Waals surface area (Å²) in [5.41, 5.74) is 0.657. The van der Waals surface area contributed by atoms with Crippen molar-refractivity contribution in [1.29, 1.82) is 5.41 Å². The van der Waals surface area contributed by atoms with Crippen LogP contribution >= 0.6 is 0 Å². The highest BCUT2D eigenvalue weighted by Crippen LogP contribution is 2.06. The fraction of sp³-hybridized carbons (Fsp3) is 0.222. The molecular weight excluding hydrogens is 194 g/mol. The molecule has 3 N–H and O–H groups in total. The number of carbonyl (C=O) groups is 1. The van der Waals surface area contributed by atoms with Crippen molar-refractivity contribution in [3.8, 4) is 0 Å². The van der Waals surface area contributed by atoms with Crippen LogP contribution in [0.4, 0.5) is 5.82 Å². The largest absolute Gasteiger partial charge is 0.346 e. The van der Waals surface area contributed by atoms with E-state index >= 15 is 0 Å². The predicted octanol–water partition coefficient (Wildman–Crippen LogP) is -0.135. The monoisotopic (exact) mass is 205 g/mol. The molecule has 0 unspecified atom stereocenters. The number of aromatic nitrogens is 2. The van der Waals surface area contributed by atoms with Gasteiger partial charge in [0.15, 0.2) is 5.82 Å². The number of aryl methyl sites for hydroxylation is 1. The Bertz CT molecular complexity index is 427. The fourth-order valence-corrected chi connectivity index (χ4v) is 1.29. The molecule has 1 fully saturated rings. The van der Waals surface area contributed by atoms with E-state index in [0.717, 1.165) is 0 Å². The number of rotatable bonds is 2. The highest BCUT2D eigenvalue weighted by Gasteiger charge is 2.21. The molecule has 2 rings (SSSR count). The summed E-state index contributed by atoms with van der Waals surface area (Å²) in [4.78, 5) is 11.2. The summed E-state index contributed by atoms with van der Waals surface area (Å²) >= 11 is 0. The van der Waals surface area contributed by atoms with E-state index in [4.69, 9.17) is 5.41 Å². The Hall–Kier alpha value is -2.11. The summed E-state index contributed by atoms with van der Waals surface area (Å²) in [6, 6.07) is 1.79. The number of nitrogens with zero attached hydrogens (tertiary/aromatic N) is 2. The zero-order valence-corrected chi connectivity index (χ0v) is 8.24. The SMILES string of the molecule is Cn1ccc(N/C=C2\C(=N)CNC2=O)n1. The van der Waals surface area contributed by atoms with Gasteiger partial charge in [-0.3, -0.25) is 9.48 Å². The lowest BCUT2D eigenvalue weighted by atomic mass is 10.2. The van der Waals surface area contributed by atoms with E-state index in [1.807, 2.05) is 7.05 Å². The van der Waals surface area contributed by atoms with Crippen LogP contribution in [0.1, 0.15) is 0 Å². The van der Waals surface area contributed by atoms with Crippen molar-refractivity contribution in [3.05, 3.63) is 24.0 Å². The third-order valence-electron chi connectivity index (χ3n) is 2.07. The fourth-order valence-electron chi connectivity index (χ4n) is 1.29. The van der Waals surface area contributed by atoms with E-state index in [0.29, 0.717) is 23.6 Å². The Kier molecular flexibility index (Phi) is 2.24. The van der Waals surface area contributed by atoms with E-state index in [2.05, 4.69) is 15.7 Å². The van der Waals surface area contributed by atoms with Crippen LogP contribution in [0, 0.1) is 5.41 Å². The molecule has 1 aromatic heterocycles. The van der Waals surface area contributed by atoms with Crippen molar-refractivity contribution in [1.82, 2.24) is 15.1 Å². The van der Waals surface area contributed by atoms with Crippen LogP contribution in [0.2, 0.25) is 0 Å². The molecular formula is C9H11N5O. The summed E-state index contributed by atoms with van der Waals surface area (Å²) < 4.78 is 1.65. The number of amides is 1. The van der Waals surface area contributed by atoms with E-state index in [1.54, 1.807) is 16.9 Å². The maximum atomic E-state index is 11.2. The molecule has 0 spiro atoms. The Labute approximate surface area is 86.5 Å². The molecule has 15 heavy (non-hydrogen) atoms. The topological polar surface area (TPSA) is 82.8 Å². The molecule has 78 valence electrons. The molecule has 2 heterocycles. The standard InChI is InChI=1S/C9H11N5O/c1-14-3-2-8(13-14)11-4-6-7(10)5-12-9(6)15/h2-4,10H,5H2,1H3,(H,11,13)(H,12,15)/b6-4+,10-7?. The quantitative estimate of drug-likeness (QED) is 0.588. The van der Waals surface area contributed by atoms with Gasteiger partial charge < -0.3 is 16.0 Å². The van der Waals surface area contributed by atoms with E-state index < -0.39 is 0 Å². The van der Waals surface area contributed by atoms with Gasteiger partial charge in [0, 0.05) is 25.5 Å². The molecule has 0 atom stereocenters. The van der Waals surface area contributed by atoms with Gasteiger partial charge in [-0.15, -0.1) is 0 Å². The minimum atomic E-state index is -0.219. The van der Waals surface area contributed by atoms with Gasteiger partial charge in [0.05, 0.1) is 17.8 Å². The van der Waals surface area contributed by atoms with Gasteiger partial charge in [0.2, 0.25) is 0 Å². The summed E-state index contributed by atoms with van der Waals surface area (Å²) in [5, 5.41) is 17.0. The third-order valence-corrected chi connectivity index (χ3v) is 2.07. The normalized spacial score (nSPS) is 18.3. The molecule has 0 saturated carbocycles. The number of hydrogen-bond donors (Lipinski definition) is 3. The van der Waals surface area contributed by atoms with Gasteiger partial charge in [-0.25, -0.2) is 0 Å². The lowest BCUT2D eigenvalue weighted by Gasteiger charge is -1.96. The lowest BCUT2D eigenvalue weighted by Crippen LogP contribution is -2.14. The molecule has 1 aromatic rings. The minimum Gasteiger partial charge on any atom is -0.346 e. The molecule has 6 nitrogen and oxygen atoms in total. The second-order valence-corrected chi connectivity index (χ2v) is 3.24. The Balaban J connectivity index is 2.11. The van der Waals surface area contributed by atoms with Crippen molar-refractivity contribution >= 4 is 17.4 Å². The number of nitrogens with one attached hydrogen (secondary N) is 3. The minimum absolute atomic E-state index is 0.219. The van der Waals surface area contributed by atoms with Gasteiger partial charge in [0.25, 0.3) is 5.91 Å². The first-order valence-corrected chi connectivity index (χ1v) is 4.49. The highest BCUT2D eigenvalue weighted by atomic mass is 16.2. The summed E-state index contributed by atoms with van der Waals surface area (Å²) in [6.07, 6.45) is 3.30. The number of hydrogen-bond acceptors (Lipinski definition) is 4. The molecule has 6 heteroatoms. The maximum absolute atomic E-state index is 11.2. The van der Waals surface area contributed by atoms with E-state index in [-0.39, 0.29) is 5.91 Å². The van der Waals surface area contributed by atoms with E-state index in [9.17, 15) is 4.79 Å². The molecule has 0 radical (unpaired) electrons. The van der Waals surface area contributed by atoms with Crippen LogP contribution in [-0.4, -0.2) is 27.9 Å². The van der Waals surface area contributed by atoms with Gasteiger partial charge in [-0.1, -0.05) is 0 Å². The van der Waals surface area contributed by atoms with Crippen LogP contribution in [0.3, 0.4) is 0 Å². The van der Waals surface area contributed by atoms with Crippen LogP contribution in [-0.2, 0) is 11.8 Å². The zero-order valence-electron chi connectivity index (χ0n) is 8.24. The Morgan fingerprint density at radius 2 is 2.53 bits per heavy atom. The summed E-state index contributed by atoms with van der Waals surface area (Å²) in [7, 11) is 1.81. The maximum Gasteiger partial charge on any atom is 0.254 e. The van der Waals surface area contributed by atoms with Gasteiger partial charge in [-0.05, 0) is 0 Å². The van der Waals surface area contributed by atoms with Crippen molar-refractivity contribution in [2.24, 2.45) is 7.05 Å². The van der Waals surface area contributed by atoms with Crippen molar-refractivity contribution in [3.63, 3.8) is 0 Å².